The summed E-state index contributed by atoms with van der Waals surface area (Å²) in [6.07, 6.45) is 7.77. The van der Waals surface area contributed by atoms with Crippen LogP contribution in [-0.2, 0) is 16.2 Å². The number of benzene rings is 2. The lowest BCUT2D eigenvalue weighted by atomic mass is 9.97. The molecule has 0 unspecified atom stereocenters. The smallest absolute Gasteiger partial charge is 0.266 e. The van der Waals surface area contributed by atoms with Gasteiger partial charge in [0.05, 0.1) is 18.5 Å². The first-order valence-electron chi connectivity index (χ1n) is 14.6. The average Bonchev–Trinajstić information content (AvgIpc) is 3.74. The van der Waals surface area contributed by atoms with Gasteiger partial charge >= 0.3 is 0 Å². The van der Waals surface area contributed by atoms with E-state index in [9.17, 15) is 9.59 Å². The number of aromatic nitrogens is 4. The standard InChI is InChI=1S/C30H37N7O5/c1-2-3-12-26-31-30(18-7-8-19-30)29(39)35(26)21-22-14-16-23(17-15-22)24-10-4-5-11-25(24)28-32-34-36(33-28)27(38)13-6-9-20-42-37(40)41/h4-5,10-11,14-17,40-41H,2-3,6-9,12-13,18-21H2,1H3. The van der Waals surface area contributed by atoms with Gasteiger partial charge in [0.1, 0.15) is 11.4 Å². The molecule has 1 fully saturated rings. The zero-order valence-electron chi connectivity index (χ0n) is 23.9. The first-order chi connectivity index (χ1) is 20.4. The third kappa shape index (κ3) is 6.62. The topological polar surface area (TPSA) is 146 Å². The molecule has 2 aromatic carbocycles. The van der Waals surface area contributed by atoms with E-state index in [0.717, 1.165) is 77.8 Å². The normalized spacial score (nSPS) is 16.1. The number of nitrogens with zero attached hydrogens (tertiary/aromatic N) is 7. The molecule has 1 aliphatic heterocycles. The molecule has 1 spiro atoms. The van der Waals surface area contributed by atoms with Gasteiger partial charge in [-0.15, -0.1) is 10.2 Å². The van der Waals surface area contributed by atoms with Crippen LogP contribution in [0.5, 0.6) is 0 Å². The number of aliphatic imine (C=N–C) groups is 1. The minimum Gasteiger partial charge on any atom is -0.294 e. The van der Waals surface area contributed by atoms with E-state index in [2.05, 4.69) is 27.2 Å². The molecule has 12 nitrogen and oxygen atoms in total. The molecule has 222 valence electrons. The number of amides is 1. The minimum atomic E-state index is -0.538. The molecule has 42 heavy (non-hydrogen) atoms. The summed E-state index contributed by atoms with van der Waals surface area (Å²) in [4.78, 5) is 38.4. The van der Waals surface area contributed by atoms with Gasteiger partial charge in [-0.3, -0.25) is 34.7 Å². The van der Waals surface area contributed by atoms with Crippen molar-refractivity contribution in [2.24, 2.45) is 4.99 Å². The van der Waals surface area contributed by atoms with Gasteiger partial charge < -0.3 is 0 Å². The van der Waals surface area contributed by atoms with Crippen LogP contribution in [-0.4, -0.2) is 70.7 Å². The largest absolute Gasteiger partial charge is 0.294 e. The average molecular weight is 576 g/mol. The Balaban J connectivity index is 1.27. The van der Waals surface area contributed by atoms with Crippen molar-refractivity contribution in [1.82, 2.24) is 30.5 Å². The number of carbonyl (C=O) groups is 2. The SMILES string of the molecule is CCCCC1=NC2(CCCC2)C(=O)N1Cc1ccc(-c2ccccc2-c2nnn(C(=O)CCCCON(O)O)n2)cc1. The molecule has 0 bridgehead atoms. The van der Waals surface area contributed by atoms with E-state index in [1.165, 1.54) is 0 Å². The molecule has 3 aromatic rings. The van der Waals surface area contributed by atoms with E-state index in [1.807, 2.05) is 53.4 Å². The van der Waals surface area contributed by atoms with Crippen LogP contribution in [0.3, 0.4) is 0 Å². The van der Waals surface area contributed by atoms with Crippen molar-refractivity contribution in [2.75, 3.05) is 6.61 Å². The fourth-order valence-electron chi connectivity index (χ4n) is 5.65. The monoisotopic (exact) mass is 575 g/mol. The second kappa shape index (κ2) is 13.4. The summed E-state index contributed by atoms with van der Waals surface area (Å²) >= 11 is 0. The zero-order valence-corrected chi connectivity index (χ0v) is 23.9. The first kappa shape index (κ1) is 29.6. The van der Waals surface area contributed by atoms with Crippen LogP contribution >= 0.6 is 0 Å². The van der Waals surface area contributed by atoms with Gasteiger partial charge in [0.25, 0.3) is 11.8 Å². The van der Waals surface area contributed by atoms with E-state index in [1.54, 1.807) is 0 Å². The number of carbonyl (C=O) groups excluding carboxylic acids is 2. The van der Waals surface area contributed by atoms with Gasteiger partial charge in [0.2, 0.25) is 5.82 Å². The summed E-state index contributed by atoms with van der Waals surface area (Å²) in [6.45, 7) is 2.72. The molecule has 5 rings (SSSR count). The highest BCUT2D eigenvalue weighted by atomic mass is 17.1. The van der Waals surface area contributed by atoms with Crippen LogP contribution in [0.1, 0.15) is 81.5 Å². The summed E-state index contributed by atoms with van der Waals surface area (Å²) < 4.78 is 0. The van der Waals surface area contributed by atoms with E-state index < -0.39 is 5.54 Å². The molecular weight excluding hydrogens is 538 g/mol. The molecule has 1 amide bonds. The van der Waals surface area contributed by atoms with Crippen molar-refractivity contribution in [3.8, 4) is 22.5 Å². The Bertz CT molecular complexity index is 1410. The van der Waals surface area contributed by atoms with E-state index in [0.29, 0.717) is 25.2 Å². The molecule has 2 N–H and O–H groups in total. The second-order valence-electron chi connectivity index (χ2n) is 10.8. The molecule has 1 saturated carbocycles. The van der Waals surface area contributed by atoms with Crippen molar-refractivity contribution in [3.63, 3.8) is 0 Å². The van der Waals surface area contributed by atoms with E-state index in [4.69, 9.17) is 15.4 Å². The van der Waals surface area contributed by atoms with Crippen molar-refractivity contribution in [2.45, 2.75) is 83.2 Å². The maximum atomic E-state index is 13.5. The third-order valence-corrected chi connectivity index (χ3v) is 7.88. The molecule has 12 heteroatoms. The highest BCUT2D eigenvalue weighted by molar-refractivity contribution is 6.08. The van der Waals surface area contributed by atoms with Gasteiger partial charge in [-0.1, -0.05) is 79.5 Å². The molecule has 2 heterocycles. The Morgan fingerprint density at radius 2 is 1.76 bits per heavy atom. The highest BCUT2D eigenvalue weighted by Crippen LogP contribution is 2.40. The maximum Gasteiger partial charge on any atom is 0.266 e. The number of unbranched alkanes of at least 4 members (excludes halogenated alkanes) is 2. The predicted molar refractivity (Wildman–Crippen MR) is 153 cm³/mol. The maximum absolute atomic E-state index is 13.5. The molecular formula is C30H37N7O5. The molecule has 0 saturated heterocycles. The van der Waals surface area contributed by atoms with Crippen LogP contribution in [0, 0.1) is 0 Å². The number of hydrogen-bond acceptors (Lipinski definition) is 10. The van der Waals surface area contributed by atoms with Crippen LogP contribution in [0.15, 0.2) is 53.5 Å². The van der Waals surface area contributed by atoms with Crippen LogP contribution in [0.25, 0.3) is 22.5 Å². The summed E-state index contributed by atoms with van der Waals surface area (Å²) in [7, 11) is 0. The number of rotatable bonds is 13. The van der Waals surface area contributed by atoms with Gasteiger partial charge in [-0.2, -0.15) is 0 Å². The Morgan fingerprint density at radius 3 is 2.48 bits per heavy atom. The Labute approximate surface area is 244 Å². The molecule has 0 atom stereocenters. The van der Waals surface area contributed by atoms with Crippen LogP contribution < -0.4 is 0 Å². The summed E-state index contributed by atoms with van der Waals surface area (Å²) in [6, 6.07) is 15.8. The summed E-state index contributed by atoms with van der Waals surface area (Å²) in [5.74, 6) is 1.10. The van der Waals surface area contributed by atoms with E-state index in [-0.39, 0.29) is 30.2 Å². The fourth-order valence-corrected chi connectivity index (χ4v) is 5.65. The van der Waals surface area contributed by atoms with Gasteiger partial charge in [0.15, 0.2) is 0 Å². The Hall–Kier alpha value is -3.84. The van der Waals surface area contributed by atoms with Crippen molar-refractivity contribution in [1.29, 1.82) is 0 Å². The summed E-state index contributed by atoms with van der Waals surface area (Å²) in [5.41, 5.74) is 3.10. The number of amidine groups is 1. The number of hydrogen-bond donors (Lipinski definition) is 2. The Kier molecular flexibility index (Phi) is 9.48. The van der Waals surface area contributed by atoms with Crippen LogP contribution in [0.2, 0.25) is 0 Å². The van der Waals surface area contributed by atoms with Gasteiger partial charge in [0, 0.05) is 18.4 Å². The first-order valence-corrected chi connectivity index (χ1v) is 14.6. The Morgan fingerprint density at radius 1 is 1.02 bits per heavy atom. The second-order valence-corrected chi connectivity index (χ2v) is 10.8. The minimum absolute atomic E-state index is 0.0607. The fraction of sp³-hybridized carbons (Fsp3) is 0.467. The van der Waals surface area contributed by atoms with Gasteiger partial charge in [-0.05, 0) is 54.0 Å². The lowest BCUT2D eigenvalue weighted by Crippen LogP contribution is -2.40. The van der Waals surface area contributed by atoms with Crippen molar-refractivity contribution in [3.05, 3.63) is 54.1 Å². The molecule has 2 aliphatic rings. The van der Waals surface area contributed by atoms with Gasteiger partial charge in [-0.25, -0.2) is 0 Å². The van der Waals surface area contributed by atoms with Crippen molar-refractivity contribution >= 4 is 17.6 Å². The molecule has 1 aromatic heterocycles. The predicted octanol–water partition coefficient (Wildman–Crippen LogP) is 5.07. The van der Waals surface area contributed by atoms with E-state index >= 15 is 0 Å². The summed E-state index contributed by atoms with van der Waals surface area (Å²) in [5, 5.41) is 29.2. The van der Waals surface area contributed by atoms with Crippen LogP contribution in [0.4, 0.5) is 0 Å². The van der Waals surface area contributed by atoms with Crippen molar-refractivity contribution < 1.29 is 24.8 Å². The molecule has 0 radical (unpaired) electrons. The highest BCUT2D eigenvalue weighted by Gasteiger charge is 2.49. The zero-order chi connectivity index (χ0) is 29.5. The third-order valence-electron chi connectivity index (χ3n) is 7.88. The quantitative estimate of drug-likeness (QED) is 0.211. The molecule has 1 aliphatic carbocycles. The lowest BCUT2D eigenvalue weighted by Gasteiger charge is -2.23. The lowest BCUT2D eigenvalue weighted by molar-refractivity contribution is -0.492. The number of tetrazole rings is 1.